The highest BCUT2D eigenvalue weighted by molar-refractivity contribution is 6.09. The molecule has 3 rings (SSSR count). The number of carbonyl (C=O) groups excluding carboxylic acids is 3. The van der Waals surface area contributed by atoms with Crippen molar-refractivity contribution >= 4 is 17.8 Å². The van der Waals surface area contributed by atoms with Gasteiger partial charge in [0.25, 0.3) is 5.91 Å². The molecule has 1 aliphatic carbocycles. The Labute approximate surface area is 169 Å². The van der Waals surface area contributed by atoms with Gasteiger partial charge in [-0.25, -0.2) is 4.79 Å². The van der Waals surface area contributed by atoms with E-state index in [9.17, 15) is 27.6 Å². The molecule has 6 nitrogen and oxygen atoms in total. The largest absolute Gasteiger partial charge is 0.393 e. The molecule has 164 valence electrons. The minimum absolute atomic E-state index is 0.00549. The zero-order valence-electron chi connectivity index (χ0n) is 17.3. The first-order valence-corrected chi connectivity index (χ1v) is 10.3. The highest BCUT2D eigenvalue weighted by Crippen LogP contribution is 2.43. The molecule has 9 heteroatoms. The highest BCUT2D eigenvalue weighted by Gasteiger charge is 2.54. The molecule has 0 aromatic carbocycles. The lowest BCUT2D eigenvalue weighted by atomic mass is 9.67. The second-order valence-corrected chi connectivity index (χ2v) is 9.76. The third-order valence-corrected chi connectivity index (χ3v) is 6.84. The van der Waals surface area contributed by atoms with Crippen molar-refractivity contribution in [2.45, 2.75) is 71.0 Å². The van der Waals surface area contributed by atoms with Crippen molar-refractivity contribution in [1.29, 1.82) is 0 Å². The minimum Gasteiger partial charge on any atom is -0.341 e. The van der Waals surface area contributed by atoms with Crippen LogP contribution in [0.4, 0.5) is 18.0 Å². The first-order chi connectivity index (χ1) is 13.3. The van der Waals surface area contributed by atoms with Gasteiger partial charge in [-0.2, -0.15) is 13.2 Å². The summed E-state index contributed by atoms with van der Waals surface area (Å²) >= 11 is 0. The number of rotatable bonds is 2. The molecule has 2 aliphatic heterocycles. The maximum absolute atomic E-state index is 13.0. The fourth-order valence-electron chi connectivity index (χ4n) is 4.84. The molecular formula is C20H30F3N3O3. The fourth-order valence-corrected chi connectivity index (χ4v) is 4.84. The van der Waals surface area contributed by atoms with Crippen LogP contribution in [0.15, 0.2) is 0 Å². The van der Waals surface area contributed by atoms with E-state index in [0.717, 1.165) is 22.6 Å². The topological polar surface area (TPSA) is 69.7 Å². The van der Waals surface area contributed by atoms with Gasteiger partial charge in [0.15, 0.2) is 0 Å². The van der Waals surface area contributed by atoms with Crippen LogP contribution in [0.25, 0.3) is 0 Å². The number of urea groups is 1. The Morgan fingerprint density at radius 3 is 2.28 bits per heavy atom. The first-order valence-electron chi connectivity index (χ1n) is 10.3. The van der Waals surface area contributed by atoms with E-state index in [1.165, 1.54) is 0 Å². The quantitative estimate of drug-likeness (QED) is 0.701. The summed E-state index contributed by atoms with van der Waals surface area (Å²) < 4.78 is 39.0. The predicted octanol–water partition coefficient (Wildman–Crippen LogP) is 3.31. The number of alkyl halides is 3. The molecule has 0 aromatic rings. The maximum Gasteiger partial charge on any atom is 0.393 e. The molecule has 3 aliphatic rings. The van der Waals surface area contributed by atoms with Gasteiger partial charge >= 0.3 is 12.2 Å². The molecule has 3 fully saturated rings. The van der Waals surface area contributed by atoms with E-state index >= 15 is 0 Å². The van der Waals surface area contributed by atoms with Gasteiger partial charge in [-0.3, -0.25) is 14.5 Å². The van der Waals surface area contributed by atoms with Crippen molar-refractivity contribution in [3.8, 4) is 0 Å². The number of nitrogens with one attached hydrogen (secondary N) is 1. The number of halogens is 3. The standard InChI is InChI=1S/C20H30F3N3O3/c1-18(2,3)13-6-8-19(9-7-13)16(28)26(17(29)24-19)12-15(27)25-10-4-5-14(11-25)20(21,22)23/h13-14H,4-12H2,1-3H3,(H,24,29). The van der Waals surface area contributed by atoms with E-state index < -0.39 is 48.6 Å². The fraction of sp³-hybridized carbons (Fsp3) is 0.850. The van der Waals surface area contributed by atoms with Gasteiger partial charge < -0.3 is 10.2 Å². The third-order valence-electron chi connectivity index (χ3n) is 6.84. The van der Waals surface area contributed by atoms with E-state index in [4.69, 9.17) is 0 Å². The monoisotopic (exact) mass is 417 g/mol. The van der Waals surface area contributed by atoms with Crippen LogP contribution < -0.4 is 5.32 Å². The van der Waals surface area contributed by atoms with Crippen molar-refractivity contribution < 1.29 is 27.6 Å². The lowest BCUT2D eigenvalue weighted by Crippen LogP contribution is -2.51. The average molecular weight is 417 g/mol. The van der Waals surface area contributed by atoms with Crippen molar-refractivity contribution in [2.24, 2.45) is 17.3 Å². The molecule has 1 spiro atoms. The van der Waals surface area contributed by atoms with Gasteiger partial charge in [0.1, 0.15) is 12.1 Å². The second kappa shape index (κ2) is 7.47. The number of hydrogen-bond acceptors (Lipinski definition) is 3. The summed E-state index contributed by atoms with van der Waals surface area (Å²) in [6.07, 6.45) is -1.46. The molecule has 29 heavy (non-hydrogen) atoms. The van der Waals surface area contributed by atoms with Gasteiger partial charge in [0, 0.05) is 13.1 Å². The Bertz CT molecular complexity index is 679. The second-order valence-electron chi connectivity index (χ2n) is 9.76. The van der Waals surface area contributed by atoms with Crippen LogP contribution in [0.2, 0.25) is 0 Å². The van der Waals surface area contributed by atoms with E-state index in [0.29, 0.717) is 18.8 Å². The SMILES string of the molecule is CC(C)(C)C1CCC2(CC1)NC(=O)N(CC(=O)N1CCCC(C(F)(F)F)C1)C2=O. The Morgan fingerprint density at radius 1 is 1.10 bits per heavy atom. The summed E-state index contributed by atoms with van der Waals surface area (Å²) in [4.78, 5) is 40.0. The van der Waals surface area contributed by atoms with Crippen LogP contribution in [0.3, 0.4) is 0 Å². The summed E-state index contributed by atoms with van der Waals surface area (Å²) in [5.74, 6) is -2.14. The molecule has 2 saturated heterocycles. The summed E-state index contributed by atoms with van der Waals surface area (Å²) in [5, 5.41) is 2.77. The van der Waals surface area contributed by atoms with Crippen molar-refractivity contribution in [2.75, 3.05) is 19.6 Å². The number of piperidine rings is 1. The molecule has 1 saturated carbocycles. The first kappa shape index (κ1) is 21.9. The molecule has 0 bridgehead atoms. The zero-order valence-corrected chi connectivity index (χ0v) is 17.3. The van der Waals surface area contributed by atoms with Gasteiger partial charge in [-0.15, -0.1) is 0 Å². The number of hydrogen-bond donors (Lipinski definition) is 1. The van der Waals surface area contributed by atoms with Crippen LogP contribution >= 0.6 is 0 Å². The van der Waals surface area contributed by atoms with Gasteiger partial charge in [0.05, 0.1) is 5.92 Å². The van der Waals surface area contributed by atoms with Crippen molar-refractivity contribution in [3.63, 3.8) is 0 Å². The lowest BCUT2D eigenvalue weighted by Gasteiger charge is -2.40. The minimum atomic E-state index is -4.35. The number of likely N-dealkylation sites (tertiary alicyclic amines) is 1. The van der Waals surface area contributed by atoms with Gasteiger partial charge in [0.2, 0.25) is 5.91 Å². The van der Waals surface area contributed by atoms with Crippen LogP contribution in [0.1, 0.15) is 59.3 Å². The molecule has 2 heterocycles. The molecule has 0 radical (unpaired) electrons. The Morgan fingerprint density at radius 2 is 1.72 bits per heavy atom. The van der Waals surface area contributed by atoms with E-state index in [1.807, 2.05) is 0 Å². The van der Waals surface area contributed by atoms with Crippen LogP contribution in [0, 0.1) is 17.3 Å². The summed E-state index contributed by atoms with van der Waals surface area (Å²) in [6, 6.07) is -0.623. The Hall–Kier alpha value is -1.80. The Balaban J connectivity index is 1.63. The lowest BCUT2D eigenvalue weighted by molar-refractivity contribution is -0.188. The van der Waals surface area contributed by atoms with Crippen LogP contribution in [0.5, 0.6) is 0 Å². The molecular weight excluding hydrogens is 387 g/mol. The average Bonchev–Trinajstić information content (AvgIpc) is 2.85. The molecule has 1 N–H and O–H groups in total. The maximum atomic E-state index is 13.0. The van der Waals surface area contributed by atoms with Crippen LogP contribution in [-0.4, -0.2) is 59.0 Å². The van der Waals surface area contributed by atoms with Crippen molar-refractivity contribution in [3.05, 3.63) is 0 Å². The van der Waals surface area contributed by atoms with E-state index in [-0.39, 0.29) is 24.8 Å². The third kappa shape index (κ3) is 4.38. The number of imide groups is 1. The van der Waals surface area contributed by atoms with Crippen molar-refractivity contribution in [1.82, 2.24) is 15.1 Å². The normalized spacial score (nSPS) is 31.4. The summed E-state index contributed by atoms with van der Waals surface area (Å²) in [7, 11) is 0. The van der Waals surface area contributed by atoms with Crippen LogP contribution in [-0.2, 0) is 9.59 Å². The van der Waals surface area contributed by atoms with E-state index in [1.54, 1.807) is 0 Å². The number of nitrogens with zero attached hydrogens (tertiary/aromatic N) is 2. The summed E-state index contributed by atoms with van der Waals surface area (Å²) in [5.41, 5.74) is -0.859. The zero-order chi connectivity index (χ0) is 21.6. The highest BCUT2D eigenvalue weighted by atomic mass is 19.4. The smallest absolute Gasteiger partial charge is 0.341 e. The van der Waals surface area contributed by atoms with Gasteiger partial charge in [-0.05, 0) is 49.9 Å². The summed E-state index contributed by atoms with van der Waals surface area (Å²) in [6.45, 7) is 5.77. The molecule has 4 amide bonds. The molecule has 1 unspecified atom stereocenters. The predicted molar refractivity (Wildman–Crippen MR) is 99.7 cm³/mol. The molecule has 1 atom stereocenters. The number of amides is 4. The Kier molecular flexibility index (Phi) is 5.64. The van der Waals surface area contributed by atoms with E-state index in [2.05, 4.69) is 26.1 Å². The molecule has 0 aromatic heterocycles. The number of carbonyl (C=O) groups is 3. The van der Waals surface area contributed by atoms with Gasteiger partial charge in [-0.1, -0.05) is 20.8 Å².